The number of rotatable bonds is 6. The van der Waals surface area contributed by atoms with Crippen molar-refractivity contribution in [3.05, 3.63) is 42.5 Å². The summed E-state index contributed by atoms with van der Waals surface area (Å²) in [7, 11) is -4.39. The summed E-state index contributed by atoms with van der Waals surface area (Å²) in [6.07, 6.45) is 1.04. The summed E-state index contributed by atoms with van der Waals surface area (Å²) < 4.78 is 51.4. The van der Waals surface area contributed by atoms with Crippen LogP contribution in [0.25, 0.3) is 0 Å². The van der Waals surface area contributed by atoms with Gasteiger partial charge in [-0.1, -0.05) is 6.08 Å². The van der Waals surface area contributed by atoms with Gasteiger partial charge in [0, 0.05) is 6.07 Å². The molecule has 104 valence electrons. The van der Waals surface area contributed by atoms with E-state index in [1.165, 1.54) is 6.08 Å². The lowest BCUT2D eigenvalue weighted by Crippen LogP contribution is -2.40. The number of sulfonamides is 1. The van der Waals surface area contributed by atoms with Crippen molar-refractivity contribution < 1.29 is 27.1 Å². The fourth-order valence-electron chi connectivity index (χ4n) is 1.31. The Labute approximate surface area is 108 Å². The lowest BCUT2D eigenvalue weighted by molar-refractivity contribution is -0.138. The Balaban J connectivity index is 3.09. The Hall–Kier alpha value is -1.80. The second-order valence-corrected chi connectivity index (χ2v) is 5.29. The second-order valence-electron chi connectivity index (χ2n) is 3.61. The van der Waals surface area contributed by atoms with Gasteiger partial charge in [-0.2, -0.15) is 4.72 Å². The van der Waals surface area contributed by atoms with Crippen molar-refractivity contribution in [3.63, 3.8) is 0 Å². The van der Waals surface area contributed by atoms with Crippen LogP contribution in [0.4, 0.5) is 8.78 Å². The third-order valence-corrected chi connectivity index (χ3v) is 3.69. The Kier molecular flexibility index (Phi) is 4.73. The molecule has 1 aromatic rings. The molecule has 0 spiro atoms. The lowest BCUT2D eigenvalue weighted by atomic mass is 10.2. The topological polar surface area (TPSA) is 83.5 Å². The maximum Gasteiger partial charge on any atom is 0.322 e. The van der Waals surface area contributed by atoms with Gasteiger partial charge >= 0.3 is 5.97 Å². The molecule has 19 heavy (non-hydrogen) atoms. The minimum Gasteiger partial charge on any atom is -0.480 e. The summed E-state index contributed by atoms with van der Waals surface area (Å²) in [5.41, 5.74) is 0. The quantitative estimate of drug-likeness (QED) is 0.773. The van der Waals surface area contributed by atoms with Crippen molar-refractivity contribution in [2.24, 2.45) is 0 Å². The number of benzene rings is 1. The number of aliphatic carboxylic acids is 1. The average Bonchev–Trinajstić information content (AvgIpc) is 2.27. The first-order valence-corrected chi connectivity index (χ1v) is 6.57. The van der Waals surface area contributed by atoms with Crippen molar-refractivity contribution in [2.75, 3.05) is 0 Å². The third-order valence-electron chi connectivity index (χ3n) is 2.18. The van der Waals surface area contributed by atoms with Crippen LogP contribution in [0.5, 0.6) is 0 Å². The number of hydrogen-bond acceptors (Lipinski definition) is 3. The molecule has 8 heteroatoms. The number of halogens is 2. The smallest absolute Gasteiger partial charge is 0.322 e. The third kappa shape index (κ3) is 3.83. The first-order chi connectivity index (χ1) is 8.77. The minimum atomic E-state index is -4.39. The maximum absolute atomic E-state index is 13.4. The van der Waals surface area contributed by atoms with Gasteiger partial charge in [-0.15, -0.1) is 6.58 Å². The van der Waals surface area contributed by atoms with Crippen molar-refractivity contribution in [1.82, 2.24) is 4.72 Å². The first-order valence-electron chi connectivity index (χ1n) is 5.09. The molecule has 0 radical (unpaired) electrons. The molecule has 0 saturated heterocycles. The van der Waals surface area contributed by atoms with Gasteiger partial charge in [0.05, 0.1) is 0 Å². The molecule has 0 saturated carbocycles. The molecule has 1 atom stereocenters. The molecule has 0 aromatic heterocycles. The van der Waals surface area contributed by atoms with E-state index >= 15 is 0 Å². The van der Waals surface area contributed by atoms with Crippen molar-refractivity contribution in [1.29, 1.82) is 0 Å². The Morgan fingerprint density at radius 2 is 2.11 bits per heavy atom. The van der Waals surface area contributed by atoms with E-state index in [0.29, 0.717) is 6.07 Å². The van der Waals surface area contributed by atoms with Crippen LogP contribution in [0.2, 0.25) is 0 Å². The molecule has 0 aliphatic rings. The molecule has 0 heterocycles. The summed E-state index contributed by atoms with van der Waals surface area (Å²) in [4.78, 5) is 9.99. The van der Waals surface area contributed by atoms with Crippen LogP contribution in [0.3, 0.4) is 0 Å². The van der Waals surface area contributed by atoms with Crippen LogP contribution in [0.1, 0.15) is 6.42 Å². The Bertz CT molecular complexity index is 601. The van der Waals surface area contributed by atoms with E-state index in [0.717, 1.165) is 12.1 Å². The van der Waals surface area contributed by atoms with Crippen LogP contribution >= 0.6 is 0 Å². The van der Waals surface area contributed by atoms with Gasteiger partial charge in [0.1, 0.15) is 22.6 Å². The molecule has 1 rings (SSSR count). The van der Waals surface area contributed by atoms with Crippen molar-refractivity contribution >= 4 is 16.0 Å². The largest absolute Gasteiger partial charge is 0.480 e. The molecular formula is C11H11F2NO4S. The molecule has 0 amide bonds. The summed E-state index contributed by atoms with van der Waals surface area (Å²) in [5.74, 6) is -3.65. The highest BCUT2D eigenvalue weighted by Gasteiger charge is 2.26. The minimum absolute atomic E-state index is 0.169. The Morgan fingerprint density at radius 1 is 1.47 bits per heavy atom. The summed E-state index contributed by atoms with van der Waals surface area (Å²) >= 11 is 0. The van der Waals surface area contributed by atoms with Gasteiger partial charge in [-0.25, -0.2) is 17.2 Å². The zero-order valence-corrected chi connectivity index (χ0v) is 10.5. The predicted octanol–water partition coefficient (Wildman–Crippen LogP) is 1.27. The summed E-state index contributed by atoms with van der Waals surface area (Å²) in [5, 5.41) is 8.80. The highest BCUT2D eigenvalue weighted by Crippen LogP contribution is 2.16. The van der Waals surface area contributed by atoms with Crippen LogP contribution in [-0.2, 0) is 14.8 Å². The van der Waals surface area contributed by atoms with E-state index in [1.807, 2.05) is 4.72 Å². The van der Waals surface area contributed by atoms with Crippen LogP contribution < -0.4 is 4.72 Å². The van der Waals surface area contributed by atoms with Crippen molar-refractivity contribution in [2.45, 2.75) is 17.4 Å². The molecular weight excluding hydrogens is 280 g/mol. The molecule has 0 aliphatic carbocycles. The van der Waals surface area contributed by atoms with Crippen LogP contribution in [0, 0.1) is 11.6 Å². The second kappa shape index (κ2) is 5.89. The van der Waals surface area contributed by atoms with Crippen LogP contribution in [-0.4, -0.2) is 25.5 Å². The standard InChI is InChI=1S/C11H11F2NO4S/c1-2-3-9(11(15)16)14-19(17,18)10-5-4-7(12)6-8(10)13/h2,4-6,9,14H,1,3H2,(H,15,16). The fourth-order valence-corrected chi connectivity index (χ4v) is 2.57. The first kappa shape index (κ1) is 15.3. The molecule has 2 N–H and O–H groups in total. The van der Waals surface area contributed by atoms with Gasteiger partial charge in [0.25, 0.3) is 0 Å². The Morgan fingerprint density at radius 3 is 2.58 bits per heavy atom. The molecule has 1 unspecified atom stereocenters. The monoisotopic (exact) mass is 291 g/mol. The summed E-state index contributed by atoms with van der Waals surface area (Å²) in [6.45, 7) is 3.29. The van der Waals surface area contributed by atoms with E-state index in [2.05, 4.69) is 6.58 Å². The van der Waals surface area contributed by atoms with E-state index in [1.54, 1.807) is 0 Å². The van der Waals surface area contributed by atoms with Gasteiger partial charge in [0.15, 0.2) is 0 Å². The fraction of sp³-hybridized carbons (Fsp3) is 0.182. The zero-order valence-electron chi connectivity index (χ0n) is 9.64. The predicted molar refractivity (Wildman–Crippen MR) is 62.9 cm³/mol. The molecule has 0 aliphatic heterocycles. The SMILES string of the molecule is C=CCC(NS(=O)(=O)c1ccc(F)cc1F)C(=O)O. The van der Waals surface area contributed by atoms with E-state index < -0.39 is 38.6 Å². The van der Waals surface area contributed by atoms with Gasteiger partial charge in [-0.3, -0.25) is 4.79 Å². The number of hydrogen-bond donors (Lipinski definition) is 2. The molecule has 5 nitrogen and oxygen atoms in total. The number of carbonyl (C=O) groups is 1. The number of carboxylic acid groups (broad SMARTS) is 1. The van der Waals surface area contributed by atoms with Crippen LogP contribution in [0.15, 0.2) is 35.7 Å². The molecule has 1 aromatic carbocycles. The maximum atomic E-state index is 13.4. The average molecular weight is 291 g/mol. The number of carboxylic acids is 1. The normalized spacial score (nSPS) is 12.9. The van der Waals surface area contributed by atoms with Crippen molar-refractivity contribution in [3.8, 4) is 0 Å². The van der Waals surface area contributed by atoms with Gasteiger partial charge in [0.2, 0.25) is 10.0 Å². The van der Waals surface area contributed by atoms with Gasteiger partial charge in [-0.05, 0) is 18.6 Å². The zero-order chi connectivity index (χ0) is 14.6. The van der Waals surface area contributed by atoms with Gasteiger partial charge < -0.3 is 5.11 Å². The highest BCUT2D eigenvalue weighted by molar-refractivity contribution is 7.89. The summed E-state index contributed by atoms with van der Waals surface area (Å²) in [6, 6.07) is 0.422. The molecule has 0 fully saturated rings. The molecule has 0 bridgehead atoms. The number of nitrogens with one attached hydrogen (secondary N) is 1. The lowest BCUT2D eigenvalue weighted by Gasteiger charge is -2.13. The highest BCUT2D eigenvalue weighted by atomic mass is 32.2. The van der Waals surface area contributed by atoms with E-state index in [4.69, 9.17) is 5.11 Å². The van der Waals surface area contributed by atoms with E-state index in [9.17, 15) is 22.0 Å². The van der Waals surface area contributed by atoms with E-state index in [-0.39, 0.29) is 6.42 Å².